The maximum absolute atomic E-state index is 5.03. The Morgan fingerprint density at radius 3 is 1.89 bits per heavy atom. The zero-order chi connectivity index (χ0) is 29.9. The molecule has 7 aromatic carbocycles. The number of aromatic nitrogens is 4. The van der Waals surface area contributed by atoms with Crippen molar-refractivity contribution in [1.29, 1.82) is 0 Å². The molecule has 0 aliphatic carbocycles. The average Bonchev–Trinajstić information content (AvgIpc) is 3.76. The van der Waals surface area contributed by atoms with Crippen molar-refractivity contribution in [1.82, 2.24) is 19.2 Å². The van der Waals surface area contributed by atoms with Gasteiger partial charge in [-0.15, -0.1) is 10.2 Å². The molecular formula is C42H24N4. The summed E-state index contributed by atoms with van der Waals surface area (Å²) >= 11 is 0. The van der Waals surface area contributed by atoms with Crippen LogP contribution < -0.4 is 0 Å². The molecule has 0 aliphatic heterocycles. The number of hydrogen-bond acceptors (Lipinski definition) is 2. The Bertz CT molecular complexity index is 3020. The highest BCUT2D eigenvalue weighted by molar-refractivity contribution is 6.38. The van der Waals surface area contributed by atoms with E-state index in [1.54, 1.807) is 0 Å². The average molecular weight is 585 g/mol. The molecule has 0 N–H and O–H groups in total. The van der Waals surface area contributed by atoms with Gasteiger partial charge in [0.2, 0.25) is 0 Å². The highest BCUT2D eigenvalue weighted by Gasteiger charge is 2.26. The molecule has 11 aromatic rings. The summed E-state index contributed by atoms with van der Waals surface area (Å²) in [6, 6.07) is 52.2. The largest absolute Gasteiger partial charge is 0.308 e. The SMILES string of the molecule is c1ccc(-c2nnc(-n3c4ccccc4c4c5c6c7ccccc7ccc6n6c7ccccc7c(cc43)c56)c3ccccc23)cc1. The minimum atomic E-state index is 0.841. The van der Waals surface area contributed by atoms with E-state index in [0.29, 0.717) is 0 Å². The Hall–Kier alpha value is -6.26. The molecule has 11 rings (SSSR count). The van der Waals surface area contributed by atoms with Gasteiger partial charge in [0.15, 0.2) is 5.82 Å². The summed E-state index contributed by atoms with van der Waals surface area (Å²) in [5, 5.41) is 22.2. The van der Waals surface area contributed by atoms with Gasteiger partial charge in [0.05, 0.1) is 27.6 Å². The minimum Gasteiger partial charge on any atom is -0.308 e. The van der Waals surface area contributed by atoms with Crippen LogP contribution in [0.1, 0.15) is 0 Å². The highest BCUT2D eigenvalue weighted by atomic mass is 15.2. The summed E-state index contributed by atoms with van der Waals surface area (Å²) in [4.78, 5) is 0. The van der Waals surface area contributed by atoms with Gasteiger partial charge >= 0.3 is 0 Å². The summed E-state index contributed by atoms with van der Waals surface area (Å²) in [5.41, 5.74) is 7.96. The van der Waals surface area contributed by atoms with E-state index in [-0.39, 0.29) is 0 Å². The van der Waals surface area contributed by atoms with Gasteiger partial charge in [-0.05, 0) is 35.0 Å². The third kappa shape index (κ3) is 2.94. The molecule has 4 heterocycles. The van der Waals surface area contributed by atoms with Gasteiger partial charge < -0.3 is 4.40 Å². The number of para-hydroxylation sites is 2. The number of nitrogens with zero attached hydrogens (tertiary/aromatic N) is 4. The van der Waals surface area contributed by atoms with Crippen LogP contribution in [-0.2, 0) is 0 Å². The molecular weight excluding hydrogens is 560 g/mol. The van der Waals surface area contributed by atoms with E-state index in [0.717, 1.165) is 38.9 Å². The monoisotopic (exact) mass is 584 g/mol. The van der Waals surface area contributed by atoms with Crippen molar-refractivity contribution in [2.24, 2.45) is 0 Å². The molecule has 4 aromatic heterocycles. The fourth-order valence-electron chi connectivity index (χ4n) is 8.07. The van der Waals surface area contributed by atoms with E-state index < -0.39 is 0 Å². The van der Waals surface area contributed by atoms with Gasteiger partial charge in [0, 0.05) is 48.7 Å². The summed E-state index contributed by atoms with van der Waals surface area (Å²) in [6.07, 6.45) is 0. The lowest BCUT2D eigenvalue weighted by molar-refractivity contribution is 0.977. The van der Waals surface area contributed by atoms with E-state index in [4.69, 9.17) is 10.2 Å². The molecule has 0 spiro atoms. The van der Waals surface area contributed by atoms with Gasteiger partial charge in [-0.1, -0.05) is 121 Å². The van der Waals surface area contributed by atoms with Gasteiger partial charge in [0.1, 0.15) is 5.69 Å². The van der Waals surface area contributed by atoms with E-state index >= 15 is 0 Å². The normalized spacial score (nSPS) is 12.3. The minimum absolute atomic E-state index is 0.841. The molecule has 212 valence electrons. The third-order valence-corrected chi connectivity index (χ3v) is 9.92. The number of hydrogen-bond donors (Lipinski definition) is 0. The smallest absolute Gasteiger partial charge is 0.168 e. The van der Waals surface area contributed by atoms with Crippen LogP contribution in [0.15, 0.2) is 146 Å². The van der Waals surface area contributed by atoms with E-state index in [9.17, 15) is 0 Å². The molecule has 0 unspecified atom stereocenters. The topological polar surface area (TPSA) is 35.1 Å². The van der Waals surface area contributed by atoms with Crippen LogP contribution in [-0.4, -0.2) is 19.2 Å². The second-order valence-corrected chi connectivity index (χ2v) is 12.2. The zero-order valence-electron chi connectivity index (χ0n) is 24.6. The fraction of sp³-hybridized carbons (Fsp3) is 0. The Morgan fingerprint density at radius 1 is 0.391 bits per heavy atom. The van der Waals surface area contributed by atoms with Crippen molar-refractivity contribution < 1.29 is 0 Å². The standard InChI is InChI=1S/C42H24N4/c1-2-13-26(14-3-1)40-29-17-6-7-18-30(29)42(44-43-40)46-34-21-11-9-19-31(34)38-36(46)24-32-28-16-8-10-20-33(28)45-35-23-22-25-12-4-5-15-27(25)37(35)39(38)41(32)45/h1-24H. The first-order chi connectivity index (χ1) is 22.9. The van der Waals surface area contributed by atoms with Gasteiger partial charge in [-0.25, -0.2) is 0 Å². The first-order valence-electron chi connectivity index (χ1n) is 15.7. The predicted molar refractivity (Wildman–Crippen MR) is 191 cm³/mol. The van der Waals surface area contributed by atoms with Gasteiger partial charge in [0.25, 0.3) is 0 Å². The Balaban J connectivity index is 1.40. The first kappa shape index (κ1) is 24.1. The fourth-order valence-corrected chi connectivity index (χ4v) is 8.07. The van der Waals surface area contributed by atoms with Crippen LogP contribution in [0.3, 0.4) is 0 Å². The van der Waals surface area contributed by atoms with Gasteiger partial charge in [-0.3, -0.25) is 4.57 Å². The van der Waals surface area contributed by atoms with Crippen molar-refractivity contribution in [2.45, 2.75) is 0 Å². The lowest BCUT2D eigenvalue weighted by Gasteiger charge is -2.12. The van der Waals surface area contributed by atoms with Crippen molar-refractivity contribution in [2.75, 3.05) is 0 Å². The molecule has 0 saturated heterocycles. The van der Waals surface area contributed by atoms with Crippen molar-refractivity contribution >= 4 is 81.4 Å². The lowest BCUT2D eigenvalue weighted by atomic mass is 9.98. The van der Waals surface area contributed by atoms with Crippen LogP contribution in [0, 0.1) is 0 Å². The van der Waals surface area contributed by atoms with Crippen molar-refractivity contribution in [3.8, 4) is 17.1 Å². The summed E-state index contributed by atoms with van der Waals surface area (Å²) in [7, 11) is 0. The van der Waals surface area contributed by atoms with Crippen LogP contribution in [0.25, 0.3) is 98.5 Å². The molecule has 0 radical (unpaired) electrons. The Kier molecular flexibility index (Phi) is 4.55. The number of benzene rings is 7. The van der Waals surface area contributed by atoms with E-state index in [2.05, 4.69) is 148 Å². The Labute approximate surface area is 262 Å². The molecule has 0 aliphatic rings. The molecule has 4 nitrogen and oxygen atoms in total. The summed E-state index contributed by atoms with van der Waals surface area (Å²) < 4.78 is 4.83. The first-order valence-corrected chi connectivity index (χ1v) is 15.7. The van der Waals surface area contributed by atoms with Crippen LogP contribution >= 0.6 is 0 Å². The molecule has 0 fully saturated rings. The molecule has 0 atom stereocenters. The van der Waals surface area contributed by atoms with Crippen molar-refractivity contribution in [3.05, 3.63) is 146 Å². The maximum atomic E-state index is 5.03. The second kappa shape index (κ2) is 8.68. The molecule has 4 heteroatoms. The molecule has 0 saturated carbocycles. The third-order valence-electron chi connectivity index (χ3n) is 9.92. The quantitative estimate of drug-likeness (QED) is 0.203. The van der Waals surface area contributed by atoms with Gasteiger partial charge in [-0.2, -0.15) is 0 Å². The molecule has 46 heavy (non-hydrogen) atoms. The lowest BCUT2D eigenvalue weighted by Crippen LogP contribution is -2.02. The van der Waals surface area contributed by atoms with Crippen LogP contribution in [0.2, 0.25) is 0 Å². The van der Waals surface area contributed by atoms with Crippen molar-refractivity contribution in [3.63, 3.8) is 0 Å². The Morgan fingerprint density at radius 2 is 1.04 bits per heavy atom. The maximum Gasteiger partial charge on any atom is 0.168 e. The predicted octanol–water partition coefficient (Wildman–Crippen LogP) is 10.7. The highest BCUT2D eigenvalue weighted by Crippen LogP contribution is 2.48. The number of fused-ring (bicyclic) bond motifs is 13. The van der Waals surface area contributed by atoms with Crippen LogP contribution in [0.4, 0.5) is 0 Å². The van der Waals surface area contributed by atoms with E-state index in [1.165, 1.54) is 59.6 Å². The zero-order valence-corrected chi connectivity index (χ0v) is 24.6. The number of rotatable bonds is 2. The second-order valence-electron chi connectivity index (χ2n) is 12.2. The summed E-state index contributed by atoms with van der Waals surface area (Å²) in [5.74, 6) is 0.841. The van der Waals surface area contributed by atoms with E-state index in [1.807, 2.05) is 6.07 Å². The molecule has 0 amide bonds. The summed E-state index contributed by atoms with van der Waals surface area (Å²) in [6.45, 7) is 0. The van der Waals surface area contributed by atoms with Crippen LogP contribution in [0.5, 0.6) is 0 Å². The molecule has 0 bridgehead atoms.